The maximum absolute atomic E-state index is 13.4. The molecule has 0 fully saturated rings. The molecule has 120 valence electrons. The quantitative estimate of drug-likeness (QED) is 0.798. The Morgan fingerprint density at radius 1 is 0.957 bits per heavy atom. The lowest BCUT2D eigenvalue weighted by Crippen LogP contribution is -2.35. The van der Waals surface area contributed by atoms with E-state index in [4.69, 9.17) is 11.6 Å². The van der Waals surface area contributed by atoms with E-state index in [-0.39, 0.29) is 31.0 Å². The Balaban J connectivity index is 1.71. The van der Waals surface area contributed by atoms with Gasteiger partial charge in [-0.05, 0) is 29.8 Å². The molecule has 2 N–H and O–H groups in total. The van der Waals surface area contributed by atoms with Crippen molar-refractivity contribution in [2.45, 2.75) is 6.42 Å². The number of hydrogen-bond acceptors (Lipinski definition) is 2. The largest absolute Gasteiger partial charge is 0.354 e. The van der Waals surface area contributed by atoms with Crippen LogP contribution in [0.25, 0.3) is 0 Å². The van der Waals surface area contributed by atoms with Crippen LogP contribution in [0.1, 0.15) is 15.9 Å². The SMILES string of the molecule is O=C(Cc1ccc(Cl)cc1)NCCNC(=O)c1ccccc1F. The van der Waals surface area contributed by atoms with Crippen molar-refractivity contribution in [1.82, 2.24) is 10.6 Å². The highest BCUT2D eigenvalue weighted by atomic mass is 35.5. The minimum atomic E-state index is -0.572. The van der Waals surface area contributed by atoms with Gasteiger partial charge in [0.1, 0.15) is 5.82 Å². The first-order valence-corrected chi connectivity index (χ1v) is 7.48. The molecule has 2 aromatic carbocycles. The molecule has 0 saturated heterocycles. The Hall–Kier alpha value is -2.40. The fourth-order valence-electron chi connectivity index (χ4n) is 1.97. The van der Waals surface area contributed by atoms with Gasteiger partial charge in [-0.25, -0.2) is 4.39 Å². The molecular formula is C17H16ClFN2O2. The smallest absolute Gasteiger partial charge is 0.254 e. The van der Waals surface area contributed by atoms with Crippen LogP contribution >= 0.6 is 11.6 Å². The topological polar surface area (TPSA) is 58.2 Å². The molecule has 0 atom stereocenters. The van der Waals surface area contributed by atoms with Gasteiger partial charge in [0.25, 0.3) is 5.91 Å². The van der Waals surface area contributed by atoms with Gasteiger partial charge < -0.3 is 10.6 Å². The molecule has 0 unspecified atom stereocenters. The molecule has 6 heteroatoms. The molecule has 23 heavy (non-hydrogen) atoms. The molecular weight excluding hydrogens is 319 g/mol. The predicted octanol–water partition coefficient (Wildman–Crippen LogP) is 2.57. The van der Waals surface area contributed by atoms with Gasteiger partial charge in [-0.1, -0.05) is 35.9 Å². The molecule has 0 radical (unpaired) electrons. The summed E-state index contributed by atoms with van der Waals surface area (Å²) in [4.78, 5) is 23.5. The Morgan fingerprint density at radius 3 is 2.30 bits per heavy atom. The molecule has 0 aromatic heterocycles. The molecule has 2 aromatic rings. The number of nitrogens with one attached hydrogen (secondary N) is 2. The molecule has 0 heterocycles. The van der Waals surface area contributed by atoms with Crippen LogP contribution in [0.2, 0.25) is 5.02 Å². The van der Waals surface area contributed by atoms with Crippen molar-refractivity contribution in [3.05, 3.63) is 70.5 Å². The monoisotopic (exact) mass is 334 g/mol. The van der Waals surface area contributed by atoms with Crippen LogP contribution < -0.4 is 10.6 Å². The first-order valence-electron chi connectivity index (χ1n) is 7.10. The second-order valence-electron chi connectivity index (χ2n) is 4.89. The highest BCUT2D eigenvalue weighted by molar-refractivity contribution is 6.30. The molecule has 0 aliphatic heterocycles. The highest BCUT2D eigenvalue weighted by Crippen LogP contribution is 2.09. The van der Waals surface area contributed by atoms with Crippen LogP contribution in [-0.4, -0.2) is 24.9 Å². The van der Waals surface area contributed by atoms with Crippen molar-refractivity contribution in [2.75, 3.05) is 13.1 Å². The van der Waals surface area contributed by atoms with Crippen molar-refractivity contribution in [3.8, 4) is 0 Å². The third-order valence-corrected chi connectivity index (χ3v) is 3.38. The van der Waals surface area contributed by atoms with Gasteiger partial charge in [-0.3, -0.25) is 9.59 Å². The van der Waals surface area contributed by atoms with Gasteiger partial charge in [-0.2, -0.15) is 0 Å². The number of benzene rings is 2. The van der Waals surface area contributed by atoms with Crippen molar-refractivity contribution < 1.29 is 14.0 Å². The zero-order valence-corrected chi connectivity index (χ0v) is 13.1. The predicted molar refractivity (Wildman–Crippen MR) is 86.9 cm³/mol. The fourth-order valence-corrected chi connectivity index (χ4v) is 2.09. The lowest BCUT2D eigenvalue weighted by molar-refractivity contribution is -0.120. The molecule has 0 aliphatic carbocycles. The number of hydrogen-bond donors (Lipinski definition) is 2. The summed E-state index contributed by atoms with van der Waals surface area (Å²) in [5.41, 5.74) is 0.835. The second-order valence-corrected chi connectivity index (χ2v) is 5.33. The van der Waals surface area contributed by atoms with Crippen molar-refractivity contribution in [2.24, 2.45) is 0 Å². The maximum Gasteiger partial charge on any atom is 0.254 e. The molecule has 4 nitrogen and oxygen atoms in total. The summed E-state index contributed by atoms with van der Waals surface area (Å²) in [5.74, 6) is -1.24. The first-order chi connectivity index (χ1) is 11.1. The molecule has 0 bridgehead atoms. The van der Waals surface area contributed by atoms with E-state index in [1.165, 1.54) is 18.2 Å². The average Bonchev–Trinajstić information content (AvgIpc) is 2.54. The van der Waals surface area contributed by atoms with E-state index < -0.39 is 11.7 Å². The Labute approximate surface area is 138 Å². The van der Waals surface area contributed by atoms with Crippen LogP contribution in [0.5, 0.6) is 0 Å². The maximum atomic E-state index is 13.4. The Kier molecular flexibility index (Phi) is 6.11. The fraction of sp³-hybridized carbons (Fsp3) is 0.176. The number of rotatable bonds is 6. The third kappa shape index (κ3) is 5.38. The van der Waals surface area contributed by atoms with Crippen LogP contribution in [0.3, 0.4) is 0 Å². The van der Waals surface area contributed by atoms with E-state index in [0.29, 0.717) is 5.02 Å². The first kappa shape index (κ1) is 17.0. The van der Waals surface area contributed by atoms with E-state index in [1.807, 2.05) is 0 Å². The number of amides is 2. The minimum Gasteiger partial charge on any atom is -0.354 e. The second kappa shape index (κ2) is 8.29. The lowest BCUT2D eigenvalue weighted by Gasteiger charge is -2.08. The van der Waals surface area contributed by atoms with E-state index in [0.717, 1.165) is 5.56 Å². The van der Waals surface area contributed by atoms with Crippen molar-refractivity contribution in [3.63, 3.8) is 0 Å². The summed E-state index contributed by atoms with van der Waals surface area (Å²) in [6.45, 7) is 0.492. The summed E-state index contributed by atoms with van der Waals surface area (Å²) < 4.78 is 13.4. The number of carbonyl (C=O) groups excluding carboxylic acids is 2. The van der Waals surface area contributed by atoms with Gasteiger partial charge in [0.2, 0.25) is 5.91 Å². The van der Waals surface area contributed by atoms with Crippen LogP contribution in [-0.2, 0) is 11.2 Å². The Morgan fingerprint density at radius 2 is 1.61 bits per heavy atom. The van der Waals surface area contributed by atoms with Gasteiger partial charge in [0.15, 0.2) is 0 Å². The highest BCUT2D eigenvalue weighted by Gasteiger charge is 2.10. The normalized spacial score (nSPS) is 10.2. The summed E-state index contributed by atoms with van der Waals surface area (Å²) in [6, 6.07) is 12.7. The average molecular weight is 335 g/mol. The van der Waals surface area contributed by atoms with Crippen LogP contribution in [0.4, 0.5) is 4.39 Å². The van der Waals surface area contributed by atoms with E-state index in [1.54, 1.807) is 30.3 Å². The Bertz CT molecular complexity index is 689. The van der Waals surface area contributed by atoms with Gasteiger partial charge in [-0.15, -0.1) is 0 Å². The van der Waals surface area contributed by atoms with E-state index >= 15 is 0 Å². The number of carbonyl (C=O) groups is 2. The molecule has 0 saturated carbocycles. The third-order valence-electron chi connectivity index (χ3n) is 3.13. The summed E-state index contributed by atoms with van der Waals surface area (Å²) in [6.07, 6.45) is 0.235. The van der Waals surface area contributed by atoms with Crippen LogP contribution in [0, 0.1) is 5.82 Å². The summed E-state index contributed by atoms with van der Waals surface area (Å²) >= 11 is 5.77. The molecule has 2 rings (SSSR count). The summed E-state index contributed by atoms with van der Waals surface area (Å²) in [7, 11) is 0. The van der Waals surface area contributed by atoms with Crippen molar-refractivity contribution >= 4 is 23.4 Å². The van der Waals surface area contributed by atoms with Crippen molar-refractivity contribution in [1.29, 1.82) is 0 Å². The van der Waals surface area contributed by atoms with Gasteiger partial charge in [0, 0.05) is 18.1 Å². The minimum absolute atomic E-state index is 0.0139. The van der Waals surface area contributed by atoms with E-state index in [9.17, 15) is 14.0 Å². The molecule has 0 aliphatic rings. The zero-order valence-electron chi connectivity index (χ0n) is 12.3. The lowest BCUT2D eigenvalue weighted by atomic mass is 10.1. The van der Waals surface area contributed by atoms with E-state index in [2.05, 4.69) is 10.6 Å². The van der Waals surface area contributed by atoms with Crippen LogP contribution in [0.15, 0.2) is 48.5 Å². The number of halogens is 2. The zero-order chi connectivity index (χ0) is 16.7. The standard InChI is InChI=1S/C17H16ClFN2O2/c18-13-7-5-12(6-8-13)11-16(22)20-9-10-21-17(23)14-3-1-2-4-15(14)19/h1-8H,9-11H2,(H,20,22)(H,21,23). The summed E-state index contributed by atoms with van der Waals surface area (Å²) in [5, 5.41) is 5.86. The van der Waals surface area contributed by atoms with Gasteiger partial charge >= 0.3 is 0 Å². The molecule has 2 amide bonds. The molecule has 0 spiro atoms. The van der Waals surface area contributed by atoms with Gasteiger partial charge in [0.05, 0.1) is 12.0 Å².